The van der Waals surface area contributed by atoms with Crippen LogP contribution in [0.1, 0.15) is 45.1 Å². The maximum atomic E-state index is 11.6. The van der Waals surface area contributed by atoms with Crippen LogP contribution in [0.2, 0.25) is 0 Å². The third-order valence-corrected chi connectivity index (χ3v) is 2.50. The Labute approximate surface area is 108 Å². The lowest BCUT2D eigenvalue weighted by Crippen LogP contribution is -2.37. The quantitative estimate of drug-likeness (QED) is 0.837. The van der Waals surface area contributed by atoms with Crippen molar-refractivity contribution in [3.63, 3.8) is 0 Å². The van der Waals surface area contributed by atoms with E-state index in [1.54, 1.807) is 0 Å². The van der Waals surface area contributed by atoms with E-state index in [0.29, 0.717) is 12.4 Å². The van der Waals surface area contributed by atoms with E-state index in [0.717, 1.165) is 11.5 Å². The molecule has 0 aromatic carbocycles. The van der Waals surface area contributed by atoms with Crippen molar-refractivity contribution in [2.75, 3.05) is 11.9 Å². The maximum Gasteiger partial charge on any atom is 0.242 e. The lowest BCUT2D eigenvalue weighted by molar-refractivity contribution is -0.121. The van der Waals surface area contributed by atoms with Crippen LogP contribution >= 0.6 is 0 Å². The van der Waals surface area contributed by atoms with E-state index in [4.69, 9.17) is 0 Å². The fraction of sp³-hybridized carbons (Fsp3) is 0.615. The van der Waals surface area contributed by atoms with Gasteiger partial charge in [0.1, 0.15) is 17.7 Å². The number of hydrogen-bond donors (Lipinski definition) is 2. The number of hydrogen-bond acceptors (Lipinski definition) is 4. The Balaban J connectivity index is 2.81. The van der Waals surface area contributed by atoms with Gasteiger partial charge in [-0.25, -0.2) is 9.97 Å². The van der Waals surface area contributed by atoms with E-state index < -0.39 is 0 Å². The first kappa shape index (κ1) is 14.4. The van der Waals surface area contributed by atoms with E-state index >= 15 is 0 Å². The van der Waals surface area contributed by atoms with Crippen LogP contribution in [0.5, 0.6) is 0 Å². The van der Waals surface area contributed by atoms with Gasteiger partial charge in [0.05, 0.1) is 0 Å². The number of aryl methyl sites for hydroxylation is 1. The number of aromatic nitrogens is 2. The average molecular weight is 250 g/mol. The maximum absolute atomic E-state index is 11.6. The summed E-state index contributed by atoms with van der Waals surface area (Å²) in [5.41, 5.74) is 0.902. The van der Waals surface area contributed by atoms with Gasteiger partial charge >= 0.3 is 0 Å². The van der Waals surface area contributed by atoms with Gasteiger partial charge < -0.3 is 10.6 Å². The van der Waals surface area contributed by atoms with Crippen molar-refractivity contribution in [3.8, 4) is 0 Å². The van der Waals surface area contributed by atoms with Crippen molar-refractivity contribution >= 4 is 11.7 Å². The molecular formula is C13H22N4O. The Morgan fingerprint density at radius 2 is 2.00 bits per heavy atom. The SMILES string of the molecule is CCNC(=O)C(C)Nc1cc(C)nc(C(C)C)n1. The molecule has 100 valence electrons. The van der Waals surface area contributed by atoms with Crippen molar-refractivity contribution in [1.29, 1.82) is 0 Å². The molecule has 0 bridgehead atoms. The lowest BCUT2D eigenvalue weighted by Gasteiger charge is -2.15. The van der Waals surface area contributed by atoms with Gasteiger partial charge in [0, 0.05) is 24.2 Å². The van der Waals surface area contributed by atoms with Crippen LogP contribution in [0.15, 0.2) is 6.07 Å². The van der Waals surface area contributed by atoms with Crippen molar-refractivity contribution in [2.24, 2.45) is 0 Å². The molecule has 0 fully saturated rings. The Bertz CT molecular complexity index is 417. The number of amides is 1. The molecule has 0 radical (unpaired) electrons. The van der Waals surface area contributed by atoms with E-state index in [-0.39, 0.29) is 17.9 Å². The molecule has 0 saturated carbocycles. The van der Waals surface area contributed by atoms with Crippen LogP contribution in [-0.4, -0.2) is 28.5 Å². The summed E-state index contributed by atoms with van der Waals surface area (Å²) >= 11 is 0. The molecule has 1 atom stereocenters. The highest BCUT2D eigenvalue weighted by Gasteiger charge is 2.13. The van der Waals surface area contributed by atoms with Crippen LogP contribution in [0, 0.1) is 6.92 Å². The molecule has 5 heteroatoms. The number of nitrogens with one attached hydrogen (secondary N) is 2. The molecule has 2 N–H and O–H groups in total. The molecule has 0 aliphatic carbocycles. The highest BCUT2D eigenvalue weighted by molar-refractivity contribution is 5.83. The van der Waals surface area contributed by atoms with Gasteiger partial charge in [-0.15, -0.1) is 0 Å². The number of rotatable bonds is 5. The zero-order chi connectivity index (χ0) is 13.7. The zero-order valence-corrected chi connectivity index (χ0v) is 11.7. The second-order valence-corrected chi connectivity index (χ2v) is 4.67. The van der Waals surface area contributed by atoms with Gasteiger partial charge in [0.2, 0.25) is 5.91 Å². The van der Waals surface area contributed by atoms with Crippen molar-refractivity contribution < 1.29 is 4.79 Å². The molecule has 1 heterocycles. The summed E-state index contributed by atoms with van der Waals surface area (Å²) < 4.78 is 0. The minimum absolute atomic E-state index is 0.0279. The van der Waals surface area contributed by atoms with Crippen LogP contribution < -0.4 is 10.6 Å². The van der Waals surface area contributed by atoms with Crippen LogP contribution in [0.4, 0.5) is 5.82 Å². The fourth-order valence-corrected chi connectivity index (χ4v) is 1.54. The number of carbonyl (C=O) groups excluding carboxylic acids is 1. The molecule has 1 rings (SSSR count). The summed E-state index contributed by atoms with van der Waals surface area (Å²) in [5.74, 6) is 1.73. The Hall–Kier alpha value is -1.65. The molecule has 0 aliphatic heterocycles. The highest BCUT2D eigenvalue weighted by Crippen LogP contribution is 2.14. The van der Waals surface area contributed by atoms with E-state index in [1.807, 2.05) is 40.7 Å². The summed E-state index contributed by atoms with van der Waals surface area (Å²) in [5, 5.41) is 5.87. The van der Waals surface area contributed by atoms with Gasteiger partial charge in [0.25, 0.3) is 0 Å². The lowest BCUT2D eigenvalue weighted by atomic mass is 10.2. The zero-order valence-electron chi connectivity index (χ0n) is 11.7. The molecule has 5 nitrogen and oxygen atoms in total. The molecule has 1 unspecified atom stereocenters. The Morgan fingerprint density at radius 1 is 1.33 bits per heavy atom. The van der Waals surface area contributed by atoms with Crippen LogP contribution in [0.3, 0.4) is 0 Å². The Kier molecular flexibility index (Phi) is 5.07. The summed E-state index contributed by atoms with van der Waals surface area (Å²) in [6.45, 7) is 10.4. The predicted octanol–water partition coefficient (Wildman–Crippen LogP) is 1.84. The minimum Gasteiger partial charge on any atom is -0.359 e. The van der Waals surface area contributed by atoms with Crippen LogP contribution in [0.25, 0.3) is 0 Å². The van der Waals surface area contributed by atoms with Gasteiger partial charge in [0.15, 0.2) is 0 Å². The van der Waals surface area contributed by atoms with Crippen molar-refractivity contribution in [3.05, 3.63) is 17.6 Å². The summed E-state index contributed by atoms with van der Waals surface area (Å²) in [6.07, 6.45) is 0. The normalized spacial score (nSPS) is 12.3. The summed E-state index contributed by atoms with van der Waals surface area (Å²) in [4.78, 5) is 20.4. The molecule has 0 aliphatic rings. The molecular weight excluding hydrogens is 228 g/mol. The standard InChI is InChI=1S/C13H22N4O/c1-6-14-13(18)10(5)16-11-7-9(4)15-12(17-11)8(2)3/h7-8,10H,6H2,1-5H3,(H,14,18)(H,15,16,17). The van der Waals surface area contributed by atoms with Crippen molar-refractivity contribution in [1.82, 2.24) is 15.3 Å². The first-order chi connectivity index (χ1) is 8.43. The van der Waals surface area contributed by atoms with Gasteiger partial charge in [-0.3, -0.25) is 4.79 Å². The van der Waals surface area contributed by atoms with Gasteiger partial charge in [-0.05, 0) is 20.8 Å². The first-order valence-electron chi connectivity index (χ1n) is 6.33. The van der Waals surface area contributed by atoms with E-state index in [9.17, 15) is 4.79 Å². The first-order valence-corrected chi connectivity index (χ1v) is 6.33. The Morgan fingerprint density at radius 3 is 2.56 bits per heavy atom. The largest absolute Gasteiger partial charge is 0.359 e. The number of likely N-dealkylation sites (N-methyl/N-ethyl adjacent to an activating group) is 1. The number of anilines is 1. The third-order valence-electron chi connectivity index (χ3n) is 2.50. The summed E-state index contributed by atoms with van der Waals surface area (Å²) in [6, 6.07) is 1.54. The average Bonchev–Trinajstić information content (AvgIpc) is 2.28. The predicted molar refractivity (Wildman–Crippen MR) is 72.6 cm³/mol. The molecule has 1 aromatic rings. The molecule has 1 aromatic heterocycles. The second-order valence-electron chi connectivity index (χ2n) is 4.67. The van der Waals surface area contributed by atoms with Gasteiger partial charge in [-0.2, -0.15) is 0 Å². The fourth-order valence-electron chi connectivity index (χ4n) is 1.54. The van der Waals surface area contributed by atoms with Gasteiger partial charge in [-0.1, -0.05) is 13.8 Å². The summed E-state index contributed by atoms with van der Waals surface area (Å²) in [7, 11) is 0. The molecule has 0 saturated heterocycles. The monoisotopic (exact) mass is 250 g/mol. The second kappa shape index (κ2) is 6.33. The van der Waals surface area contributed by atoms with E-state index in [1.165, 1.54) is 0 Å². The molecule has 1 amide bonds. The highest BCUT2D eigenvalue weighted by atomic mass is 16.2. The number of carbonyl (C=O) groups is 1. The van der Waals surface area contributed by atoms with Crippen LogP contribution in [-0.2, 0) is 4.79 Å². The van der Waals surface area contributed by atoms with Crippen molar-refractivity contribution in [2.45, 2.75) is 46.6 Å². The van der Waals surface area contributed by atoms with E-state index in [2.05, 4.69) is 20.6 Å². The number of nitrogens with zero attached hydrogens (tertiary/aromatic N) is 2. The third kappa shape index (κ3) is 3.98. The smallest absolute Gasteiger partial charge is 0.242 e. The minimum atomic E-state index is -0.306. The molecule has 18 heavy (non-hydrogen) atoms. The molecule has 0 spiro atoms. The topological polar surface area (TPSA) is 66.9 Å².